The molecule has 0 aromatic carbocycles. The zero-order valence-electron chi connectivity index (χ0n) is 13.8. The standard InChI is InChI=1S/C16H26N4O3/c1-12(17-3)9-15(22)19-8-6-5-7-14(11-21)20-16(23)10-13(2)18-4/h12-14,21H,5-11H2,1-2H3,(H,19,22)(H,20,23)/t12-,13-,14+/m1/s1. The highest BCUT2D eigenvalue weighted by atomic mass is 16.3. The number of carbonyl (C=O) groups excluding carboxylic acids is 2. The van der Waals surface area contributed by atoms with Gasteiger partial charge in [0.2, 0.25) is 23.9 Å². The number of hydrogen-bond donors (Lipinski definition) is 3. The molecule has 0 fully saturated rings. The number of nitrogens with one attached hydrogen (secondary N) is 2. The van der Waals surface area contributed by atoms with Gasteiger partial charge in [-0.1, -0.05) is 0 Å². The molecule has 0 aromatic rings. The van der Waals surface area contributed by atoms with Crippen molar-refractivity contribution >= 4 is 11.8 Å². The van der Waals surface area contributed by atoms with Gasteiger partial charge in [-0.2, -0.15) is 0 Å². The van der Waals surface area contributed by atoms with Gasteiger partial charge in [0.15, 0.2) is 0 Å². The number of amides is 2. The zero-order chi connectivity index (χ0) is 17.7. The summed E-state index contributed by atoms with van der Waals surface area (Å²) < 4.78 is 0. The summed E-state index contributed by atoms with van der Waals surface area (Å²) in [6.45, 7) is 17.4. The number of aliphatic hydroxyl groups excluding tert-OH is 1. The predicted octanol–water partition coefficient (Wildman–Crippen LogP) is 1.15. The molecule has 0 saturated heterocycles. The van der Waals surface area contributed by atoms with Crippen LogP contribution in [0.25, 0.3) is 9.69 Å². The van der Waals surface area contributed by atoms with Crippen LogP contribution in [0, 0.1) is 13.1 Å². The maximum absolute atomic E-state index is 11.6. The first-order valence-corrected chi connectivity index (χ1v) is 7.83. The van der Waals surface area contributed by atoms with Crippen molar-refractivity contribution in [1.29, 1.82) is 0 Å². The molecule has 0 bridgehead atoms. The zero-order valence-corrected chi connectivity index (χ0v) is 13.8. The van der Waals surface area contributed by atoms with Crippen molar-refractivity contribution < 1.29 is 14.7 Å². The number of unbranched alkanes of at least 4 members (excludes halogenated alkanes) is 1. The van der Waals surface area contributed by atoms with E-state index in [1.165, 1.54) is 0 Å². The van der Waals surface area contributed by atoms with Crippen LogP contribution in [0.15, 0.2) is 0 Å². The van der Waals surface area contributed by atoms with E-state index in [2.05, 4.69) is 20.3 Å². The summed E-state index contributed by atoms with van der Waals surface area (Å²) >= 11 is 0. The highest BCUT2D eigenvalue weighted by Gasteiger charge is 2.16. The van der Waals surface area contributed by atoms with Gasteiger partial charge in [-0.15, -0.1) is 0 Å². The highest BCUT2D eigenvalue weighted by Crippen LogP contribution is 2.03. The summed E-state index contributed by atoms with van der Waals surface area (Å²) in [5.74, 6) is -0.359. The largest absolute Gasteiger partial charge is 0.394 e. The Morgan fingerprint density at radius 1 is 1.04 bits per heavy atom. The van der Waals surface area contributed by atoms with Crippen LogP contribution in [0.2, 0.25) is 0 Å². The minimum Gasteiger partial charge on any atom is -0.394 e. The number of aliphatic hydroxyl groups is 1. The third kappa shape index (κ3) is 11.1. The fourth-order valence-corrected chi connectivity index (χ4v) is 1.94. The van der Waals surface area contributed by atoms with Crippen LogP contribution in [-0.4, -0.2) is 48.2 Å². The van der Waals surface area contributed by atoms with Crippen LogP contribution in [0.4, 0.5) is 0 Å². The summed E-state index contributed by atoms with van der Waals surface area (Å²) in [7, 11) is 0. The topological polar surface area (TPSA) is 87.1 Å². The minimum atomic E-state index is -0.359. The van der Waals surface area contributed by atoms with Gasteiger partial charge in [0.1, 0.15) is 12.8 Å². The van der Waals surface area contributed by atoms with Crippen molar-refractivity contribution in [3.8, 4) is 0 Å². The number of hydrogen-bond acceptors (Lipinski definition) is 3. The van der Waals surface area contributed by atoms with Gasteiger partial charge in [-0.3, -0.25) is 9.59 Å². The summed E-state index contributed by atoms with van der Waals surface area (Å²) in [6.07, 6.45) is 2.45. The Bertz CT molecular complexity index is 453. The third-order valence-electron chi connectivity index (χ3n) is 3.29. The van der Waals surface area contributed by atoms with Crippen molar-refractivity contribution in [3.63, 3.8) is 0 Å². The molecule has 3 N–H and O–H groups in total. The molecule has 0 radical (unpaired) electrons. The fraction of sp³-hybridized carbons (Fsp3) is 0.750. The Hall–Kier alpha value is -2.12. The second kappa shape index (κ2) is 12.4. The molecule has 0 rings (SSSR count). The molecule has 128 valence electrons. The van der Waals surface area contributed by atoms with Crippen molar-refractivity contribution in [2.24, 2.45) is 0 Å². The SMILES string of the molecule is [C-]#[N+][C@H](C)CC(=O)NCCCC[C@@H](CO)NC(=O)C[C@@H](C)[N+]#[C-]. The van der Waals surface area contributed by atoms with Gasteiger partial charge in [0.05, 0.1) is 12.6 Å². The molecule has 0 unspecified atom stereocenters. The number of nitrogens with zero attached hydrogens (tertiary/aromatic N) is 2. The Balaban J connectivity index is 3.84. The summed E-state index contributed by atoms with van der Waals surface area (Å²) in [5, 5.41) is 14.7. The maximum atomic E-state index is 11.6. The molecule has 0 aliphatic heterocycles. The molecule has 3 atom stereocenters. The molecule has 23 heavy (non-hydrogen) atoms. The normalized spacial score (nSPS) is 14.0. The lowest BCUT2D eigenvalue weighted by Crippen LogP contribution is -2.38. The van der Waals surface area contributed by atoms with E-state index in [1.807, 2.05) is 0 Å². The Labute approximate surface area is 138 Å². The smallest absolute Gasteiger partial charge is 0.229 e. The van der Waals surface area contributed by atoms with Gasteiger partial charge < -0.3 is 25.4 Å². The van der Waals surface area contributed by atoms with Crippen LogP contribution in [0.3, 0.4) is 0 Å². The Kier molecular flexibility index (Phi) is 11.3. The molecular formula is C16H26N4O3. The molecule has 0 aliphatic rings. The van der Waals surface area contributed by atoms with Crippen molar-refractivity contribution in [2.75, 3.05) is 13.2 Å². The molecule has 0 aliphatic carbocycles. The Morgan fingerprint density at radius 2 is 1.61 bits per heavy atom. The van der Waals surface area contributed by atoms with Crippen molar-refractivity contribution in [2.45, 2.75) is 64.1 Å². The van der Waals surface area contributed by atoms with E-state index in [9.17, 15) is 14.7 Å². The van der Waals surface area contributed by atoms with Gasteiger partial charge >= 0.3 is 0 Å². The second-order valence-corrected chi connectivity index (χ2v) is 5.66. The maximum Gasteiger partial charge on any atom is 0.229 e. The van der Waals surface area contributed by atoms with E-state index in [4.69, 9.17) is 13.1 Å². The van der Waals surface area contributed by atoms with Crippen LogP contribution >= 0.6 is 0 Å². The molecule has 7 nitrogen and oxygen atoms in total. The number of rotatable bonds is 11. The lowest BCUT2D eigenvalue weighted by atomic mass is 10.1. The van der Waals surface area contributed by atoms with Gasteiger partial charge in [0, 0.05) is 20.4 Å². The van der Waals surface area contributed by atoms with Crippen LogP contribution in [0.1, 0.15) is 46.0 Å². The summed E-state index contributed by atoms with van der Waals surface area (Å²) in [6, 6.07) is -0.984. The first-order valence-electron chi connectivity index (χ1n) is 7.83. The van der Waals surface area contributed by atoms with Gasteiger partial charge in [0.25, 0.3) is 0 Å². The molecule has 0 heterocycles. The van der Waals surface area contributed by atoms with E-state index < -0.39 is 0 Å². The van der Waals surface area contributed by atoms with E-state index in [0.717, 1.165) is 12.8 Å². The first kappa shape index (κ1) is 20.9. The quantitative estimate of drug-likeness (QED) is 0.394. The second-order valence-electron chi connectivity index (χ2n) is 5.66. The molecular weight excluding hydrogens is 296 g/mol. The molecule has 7 heteroatoms. The monoisotopic (exact) mass is 322 g/mol. The minimum absolute atomic E-state index is 0.131. The Morgan fingerprint density at radius 3 is 2.13 bits per heavy atom. The highest BCUT2D eigenvalue weighted by molar-refractivity contribution is 5.77. The summed E-state index contributed by atoms with van der Waals surface area (Å²) in [4.78, 5) is 29.6. The predicted molar refractivity (Wildman–Crippen MR) is 87.2 cm³/mol. The molecule has 2 amide bonds. The summed E-state index contributed by atoms with van der Waals surface area (Å²) in [5.41, 5.74) is 0. The molecule has 0 aromatic heterocycles. The van der Waals surface area contributed by atoms with E-state index in [0.29, 0.717) is 13.0 Å². The van der Waals surface area contributed by atoms with Gasteiger partial charge in [-0.25, -0.2) is 13.1 Å². The average molecular weight is 322 g/mol. The van der Waals surface area contributed by atoms with Crippen LogP contribution < -0.4 is 10.6 Å². The third-order valence-corrected chi connectivity index (χ3v) is 3.29. The number of carbonyl (C=O) groups is 2. The van der Waals surface area contributed by atoms with E-state index >= 15 is 0 Å². The lowest BCUT2D eigenvalue weighted by Gasteiger charge is -2.16. The molecule has 0 saturated carbocycles. The van der Waals surface area contributed by atoms with Gasteiger partial charge in [-0.05, 0) is 19.3 Å². The fourth-order valence-electron chi connectivity index (χ4n) is 1.94. The van der Waals surface area contributed by atoms with Crippen LogP contribution in [0.5, 0.6) is 0 Å². The molecule has 0 spiro atoms. The first-order chi connectivity index (χ1) is 10.9. The van der Waals surface area contributed by atoms with Crippen molar-refractivity contribution in [3.05, 3.63) is 22.8 Å². The van der Waals surface area contributed by atoms with E-state index in [1.54, 1.807) is 13.8 Å². The van der Waals surface area contributed by atoms with Crippen molar-refractivity contribution in [1.82, 2.24) is 10.6 Å². The average Bonchev–Trinajstić information content (AvgIpc) is 2.52. The van der Waals surface area contributed by atoms with E-state index in [-0.39, 0.29) is 49.4 Å². The van der Waals surface area contributed by atoms with Crippen LogP contribution in [-0.2, 0) is 9.59 Å². The lowest BCUT2D eigenvalue weighted by molar-refractivity contribution is -0.122.